The van der Waals surface area contributed by atoms with E-state index in [9.17, 15) is 0 Å². The molecule has 0 bridgehead atoms. The van der Waals surface area contributed by atoms with Crippen molar-refractivity contribution < 1.29 is 5.11 Å². The second-order valence-electron chi connectivity index (χ2n) is 8.54. The standard InChI is InChI=1S/C20H31N3O/c1-19(2,3)17-13-18(20(4,5)6)23(22-17)15-9-7-14(8-10-15)16(21)11-12-24/h7-10,13,16,24H,11-12,21H2,1-6H3. The molecule has 0 aliphatic heterocycles. The number of nitrogens with zero attached hydrogens (tertiary/aromatic N) is 2. The fourth-order valence-electron chi connectivity index (χ4n) is 2.65. The molecule has 0 saturated carbocycles. The summed E-state index contributed by atoms with van der Waals surface area (Å²) in [5.41, 5.74) is 10.4. The van der Waals surface area contributed by atoms with Crippen molar-refractivity contribution >= 4 is 0 Å². The van der Waals surface area contributed by atoms with Crippen LogP contribution in [0.3, 0.4) is 0 Å². The van der Waals surface area contributed by atoms with Gasteiger partial charge < -0.3 is 10.8 Å². The van der Waals surface area contributed by atoms with Crippen LogP contribution in [0.15, 0.2) is 30.3 Å². The Morgan fingerprint density at radius 3 is 2.08 bits per heavy atom. The summed E-state index contributed by atoms with van der Waals surface area (Å²) in [6, 6.07) is 10.3. The lowest BCUT2D eigenvalue weighted by Gasteiger charge is -2.20. The van der Waals surface area contributed by atoms with Crippen LogP contribution in [0.1, 0.15) is 71.0 Å². The Balaban J connectivity index is 2.46. The third kappa shape index (κ3) is 4.05. The molecule has 0 aliphatic carbocycles. The van der Waals surface area contributed by atoms with E-state index in [-0.39, 0.29) is 23.5 Å². The molecule has 2 rings (SSSR count). The van der Waals surface area contributed by atoms with Gasteiger partial charge in [-0.25, -0.2) is 4.68 Å². The maximum absolute atomic E-state index is 9.04. The Hall–Kier alpha value is -1.65. The van der Waals surface area contributed by atoms with Gasteiger partial charge in [0.1, 0.15) is 0 Å². The van der Waals surface area contributed by atoms with E-state index >= 15 is 0 Å². The van der Waals surface area contributed by atoms with Crippen molar-refractivity contribution in [2.75, 3.05) is 6.61 Å². The van der Waals surface area contributed by atoms with Gasteiger partial charge in [0.25, 0.3) is 0 Å². The van der Waals surface area contributed by atoms with Gasteiger partial charge in [-0.2, -0.15) is 5.10 Å². The van der Waals surface area contributed by atoms with Crippen molar-refractivity contribution in [3.8, 4) is 5.69 Å². The Morgan fingerprint density at radius 1 is 1.04 bits per heavy atom. The predicted molar refractivity (Wildman–Crippen MR) is 99.6 cm³/mol. The molecule has 3 N–H and O–H groups in total. The summed E-state index contributed by atoms with van der Waals surface area (Å²) >= 11 is 0. The molecule has 0 aliphatic rings. The number of aromatic nitrogens is 2. The van der Waals surface area contributed by atoms with E-state index in [1.54, 1.807) is 0 Å². The van der Waals surface area contributed by atoms with Gasteiger partial charge >= 0.3 is 0 Å². The molecule has 0 saturated heterocycles. The fourth-order valence-corrected chi connectivity index (χ4v) is 2.65. The molecular formula is C20H31N3O. The molecule has 24 heavy (non-hydrogen) atoms. The molecule has 2 aromatic rings. The number of nitrogens with two attached hydrogens (primary N) is 1. The number of hydrogen-bond donors (Lipinski definition) is 2. The average Bonchev–Trinajstić information content (AvgIpc) is 2.93. The highest BCUT2D eigenvalue weighted by Gasteiger charge is 2.26. The normalized spacial score (nSPS) is 14.0. The lowest BCUT2D eigenvalue weighted by molar-refractivity contribution is 0.276. The Kier molecular flexibility index (Phi) is 5.21. The minimum absolute atomic E-state index is 0.00244. The van der Waals surface area contributed by atoms with Gasteiger partial charge in [0.05, 0.1) is 11.4 Å². The topological polar surface area (TPSA) is 64.1 Å². The molecule has 0 fully saturated rings. The summed E-state index contributed by atoms with van der Waals surface area (Å²) in [6.45, 7) is 13.3. The third-order valence-corrected chi connectivity index (χ3v) is 4.25. The Morgan fingerprint density at radius 2 is 1.62 bits per heavy atom. The third-order valence-electron chi connectivity index (χ3n) is 4.25. The van der Waals surface area contributed by atoms with Crippen LogP contribution in [-0.2, 0) is 10.8 Å². The summed E-state index contributed by atoms with van der Waals surface area (Å²) in [5, 5.41) is 13.9. The summed E-state index contributed by atoms with van der Waals surface area (Å²) in [7, 11) is 0. The Labute approximate surface area is 145 Å². The second-order valence-corrected chi connectivity index (χ2v) is 8.54. The van der Waals surface area contributed by atoms with Crippen molar-refractivity contribution in [1.29, 1.82) is 0 Å². The molecule has 0 radical (unpaired) electrons. The highest BCUT2D eigenvalue weighted by atomic mass is 16.3. The fraction of sp³-hybridized carbons (Fsp3) is 0.550. The number of hydrogen-bond acceptors (Lipinski definition) is 3. The highest BCUT2D eigenvalue weighted by Crippen LogP contribution is 2.30. The van der Waals surface area contributed by atoms with Gasteiger partial charge in [0.2, 0.25) is 0 Å². The first-order valence-corrected chi connectivity index (χ1v) is 8.62. The van der Waals surface area contributed by atoms with Crippen molar-refractivity contribution in [1.82, 2.24) is 9.78 Å². The van der Waals surface area contributed by atoms with Crippen LogP contribution in [-0.4, -0.2) is 21.5 Å². The van der Waals surface area contributed by atoms with Gasteiger partial charge in [0, 0.05) is 29.2 Å². The first kappa shape index (κ1) is 18.7. The summed E-state index contributed by atoms with van der Waals surface area (Å²) in [5.74, 6) is 0. The first-order chi connectivity index (χ1) is 11.0. The summed E-state index contributed by atoms with van der Waals surface area (Å²) in [6.07, 6.45) is 0.572. The first-order valence-electron chi connectivity index (χ1n) is 8.62. The van der Waals surface area contributed by atoms with E-state index in [1.165, 1.54) is 5.69 Å². The molecule has 4 nitrogen and oxygen atoms in total. The molecule has 1 unspecified atom stereocenters. The van der Waals surface area contributed by atoms with Crippen molar-refractivity contribution in [2.45, 2.75) is 64.8 Å². The van der Waals surface area contributed by atoms with Crippen molar-refractivity contribution in [2.24, 2.45) is 5.73 Å². The number of aliphatic hydroxyl groups excluding tert-OH is 1. The molecule has 1 aromatic heterocycles. The minimum Gasteiger partial charge on any atom is -0.396 e. The lowest BCUT2D eigenvalue weighted by atomic mass is 9.88. The monoisotopic (exact) mass is 329 g/mol. The van der Waals surface area contributed by atoms with Gasteiger partial charge in [-0.3, -0.25) is 0 Å². The van der Waals surface area contributed by atoms with Crippen LogP contribution in [0.4, 0.5) is 0 Å². The van der Waals surface area contributed by atoms with E-state index in [4.69, 9.17) is 15.9 Å². The van der Waals surface area contributed by atoms with E-state index in [2.05, 4.69) is 59.7 Å². The molecule has 1 aromatic carbocycles. The Bertz CT molecular complexity index is 672. The number of aliphatic hydroxyl groups is 1. The molecule has 4 heteroatoms. The second kappa shape index (κ2) is 6.69. The summed E-state index contributed by atoms with van der Waals surface area (Å²) in [4.78, 5) is 0. The molecule has 0 spiro atoms. The van der Waals surface area contributed by atoms with Crippen molar-refractivity contribution in [3.05, 3.63) is 47.3 Å². The van der Waals surface area contributed by atoms with E-state index in [1.807, 2.05) is 16.8 Å². The van der Waals surface area contributed by atoms with Crippen molar-refractivity contribution in [3.63, 3.8) is 0 Å². The highest BCUT2D eigenvalue weighted by molar-refractivity contribution is 5.39. The zero-order chi connectivity index (χ0) is 18.1. The molecule has 1 atom stereocenters. The minimum atomic E-state index is -0.131. The number of benzene rings is 1. The zero-order valence-corrected chi connectivity index (χ0v) is 15.8. The van der Waals surface area contributed by atoms with Gasteiger partial charge in [-0.1, -0.05) is 53.7 Å². The number of rotatable bonds is 4. The molecular weight excluding hydrogens is 298 g/mol. The van der Waals surface area contributed by atoms with Gasteiger partial charge in [0.15, 0.2) is 0 Å². The SMILES string of the molecule is CC(C)(C)c1cc(C(C)(C)C)n(-c2ccc(C(N)CCO)cc2)n1. The molecule has 132 valence electrons. The van der Waals surface area contributed by atoms with Crippen LogP contribution >= 0.6 is 0 Å². The average molecular weight is 329 g/mol. The largest absolute Gasteiger partial charge is 0.396 e. The van der Waals surface area contributed by atoms with Crippen LogP contribution in [0, 0.1) is 0 Å². The van der Waals surface area contributed by atoms with Crippen LogP contribution in [0.5, 0.6) is 0 Å². The maximum Gasteiger partial charge on any atom is 0.0685 e. The predicted octanol–water partition coefficient (Wildman–Crippen LogP) is 3.85. The van der Waals surface area contributed by atoms with E-state index in [0.29, 0.717) is 6.42 Å². The summed E-state index contributed by atoms with van der Waals surface area (Å²) < 4.78 is 2.04. The van der Waals surface area contributed by atoms with Gasteiger partial charge in [-0.05, 0) is 30.2 Å². The quantitative estimate of drug-likeness (QED) is 0.895. The lowest BCUT2D eigenvalue weighted by Crippen LogP contribution is -2.17. The molecule has 1 heterocycles. The smallest absolute Gasteiger partial charge is 0.0685 e. The van der Waals surface area contributed by atoms with Crippen LogP contribution in [0.25, 0.3) is 5.69 Å². The zero-order valence-electron chi connectivity index (χ0n) is 15.8. The van der Waals surface area contributed by atoms with E-state index < -0.39 is 0 Å². The van der Waals surface area contributed by atoms with Crippen LogP contribution in [0.2, 0.25) is 0 Å². The maximum atomic E-state index is 9.04. The van der Waals surface area contributed by atoms with Gasteiger partial charge in [-0.15, -0.1) is 0 Å². The van der Waals surface area contributed by atoms with Crippen LogP contribution < -0.4 is 5.73 Å². The molecule has 0 amide bonds. The van der Waals surface area contributed by atoms with E-state index in [0.717, 1.165) is 16.9 Å².